The number of halogens is 3. The van der Waals surface area contributed by atoms with E-state index in [9.17, 15) is 23.3 Å². The predicted octanol–water partition coefficient (Wildman–Crippen LogP) is 5.41. The molecule has 9 heteroatoms. The minimum atomic E-state index is -4.66. The van der Waals surface area contributed by atoms with Crippen LogP contribution in [-0.4, -0.2) is 14.9 Å². The molecule has 26 heavy (non-hydrogen) atoms. The zero-order chi connectivity index (χ0) is 18.9. The van der Waals surface area contributed by atoms with Gasteiger partial charge in [-0.1, -0.05) is 42.1 Å². The van der Waals surface area contributed by atoms with E-state index in [-0.39, 0.29) is 21.5 Å². The van der Waals surface area contributed by atoms with Crippen LogP contribution in [0.3, 0.4) is 0 Å². The summed E-state index contributed by atoms with van der Waals surface area (Å²) in [5, 5.41) is 11.3. The van der Waals surface area contributed by atoms with Gasteiger partial charge in [-0.25, -0.2) is 9.97 Å². The van der Waals surface area contributed by atoms with E-state index < -0.39 is 16.9 Å². The molecule has 1 atom stereocenters. The SMILES string of the molecule is CC(Sc1nc(C(F)(F)F)nc2ccccc12)c1cccc([N+](=O)[O-])c1. The fraction of sp³-hybridized carbons (Fsp3) is 0.176. The summed E-state index contributed by atoms with van der Waals surface area (Å²) >= 11 is 1.10. The topological polar surface area (TPSA) is 68.9 Å². The third kappa shape index (κ3) is 3.77. The Labute approximate surface area is 150 Å². The number of benzene rings is 2. The zero-order valence-corrected chi connectivity index (χ0v) is 14.2. The predicted molar refractivity (Wildman–Crippen MR) is 91.9 cm³/mol. The number of hydrogen-bond donors (Lipinski definition) is 0. The van der Waals surface area contributed by atoms with Gasteiger partial charge in [-0.15, -0.1) is 0 Å². The van der Waals surface area contributed by atoms with Gasteiger partial charge in [0.05, 0.1) is 10.4 Å². The number of aromatic nitrogens is 2. The summed E-state index contributed by atoms with van der Waals surface area (Å²) in [6, 6.07) is 12.5. The average Bonchev–Trinajstić information content (AvgIpc) is 2.61. The van der Waals surface area contributed by atoms with Crippen molar-refractivity contribution in [1.82, 2.24) is 9.97 Å². The summed E-state index contributed by atoms with van der Waals surface area (Å²) < 4.78 is 39.3. The molecule has 0 saturated carbocycles. The summed E-state index contributed by atoms with van der Waals surface area (Å²) in [6.07, 6.45) is -4.66. The van der Waals surface area contributed by atoms with Crippen molar-refractivity contribution in [3.8, 4) is 0 Å². The van der Waals surface area contributed by atoms with Crippen LogP contribution in [0.15, 0.2) is 53.6 Å². The van der Waals surface area contributed by atoms with E-state index in [1.807, 2.05) is 0 Å². The molecule has 0 spiro atoms. The zero-order valence-electron chi connectivity index (χ0n) is 13.4. The highest BCUT2D eigenvalue weighted by Gasteiger charge is 2.35. The van der Waals surface area contributed by atoms with Gasteiger partial charge in [0.1, 0.15) is 5.03 Å². The van der Waals surface area contributed by atoms with Crippen molar-refractivity contribution in [2.45, 2.75) is 23.4 Å². The third-order valence-corrected chi connectivity index (χ3v) is 4.82. The molecule has 0 bridgehead atoms. The molecule has 0 saturated heterocycles. The maximum absolute atomic E-state index is 13.1. The molecular weight excluding hydrogens is 367 g/mol. The van der Waals surface area contributed by atoms with Crippen LogP contribution >= 0.6 is 11.8 Å². The maximum Gasteiger partial charge on any atom is 0.451 e. The van der Waals surface area contributed by atoms with Crippen LogP contribution in [0.25, 0.3) is 10.9 Å². The Balaban J connectivity index is 2.02. The number of alkyl halides is 3. The molecule has 0 aliphatic heterocycles. The lowest BCUT2D eigenvalue weighted by molar-refractivity contribution is -0.384. The van der Waals surface area contributed by atoms with Gasteiger partial charge in [0.15, 0.2) is 0 Å². The largest absolute Gasteiger partial charge is 0.451 e. The first-order chi connectivity index (χ1) is 12.3. The molecule has 3 aromatic rings. The second-order valence-electron chi connectivity index (χ2n) is 5.48. The number of non-ortho nitro benzene ring substituents is 1. The minimum absolute atomic E-state index is 0.0709. The van der Waals surface area contributed by atoms with E-state index in [0.717, 1.165) is 11.8 Å². The molecule has 134 valence electrons. The third-order valence-electron chi connectivity index (χ3n) is 3.66. The van der Waals surface area contributed by atoms with Crippen LogP contribution in [0.4, 0.5) is 18.9 Å². The molecule has 0 aliphatic rings. The van der Waals surface area contributed by atoms with E-state index >= 15 is 0 Å². The monoisotopic (exact) mass is 379 g/mol. The average molecular weight is 379 g/mol. The fourth-order valence-corrected chi connectivity index (χ4v) is 3.45. The second-order valence-corrected chi connectivity index (χ2v) is 6.81. The van der Waals surface area contributed by atoms with Crippen LogP contribution in [0.5, 0.6) is 0 Å². The Morgan fingerprint density at radius 3 is 2.54 bits per heavy atom. The van der Waals surface area contributed by atoms with Gasteiger partial charge in [0.2, 0.25) is 5.82 Å². The smallest absolute Gasteiger partial charge is 0.258 e. The Hall–Kier alpha value is -2.68. The molecule has 0 radical (unpaired) electrons. The Morgan fingerprint density at radius 1 is 1.12 bits per heavy atom. The van der Waals surface area contributed by atoms with Gasteiger partial charge >= 0.3 is 6.18 Å². The molecule has 2 aromatic carbocycles. The van der Waals surface area contributed by atoms with Crippen LogP contribution in [-0.2, 0) is 6.18 Å². The molecular formula is C17H12F3N3O2S. The molecule has 1 unspecified atom stereocenters. The van der Waals surface area contributed by atoms with Crippen LogP contribution in [0.1, 0.15) is 23.6 Å². The molecule has 1 heterocycles. The standard InChI is InChI=1S/C17H12F3N3O2S/c1-10(11-5-4-6-12(9-11)23(24)25)26-15-13-7-2-3-8-14(13)21-16(22-15)17(18,19)20/h2-10H,1H3. The molecule has 0 aliphatic carbocycles. The van der Waals surface area contributed by atoms with Gasteiger partial charge in [0, 0.05) is 22.8 Å². The highest BCUT2D eigenvalue weighted by atomic mass is 32.2. The van der Waals surface area contributed by atoms with Crippen molar-refractivity contribution >= 4 is 28.4 Å². The number of nitro benzene ring substituents is 1. The Bertz CT molecular complexity index is 979. The van der Waals surface area contributed by atoms with Gasteiger partial charge in [-0.2, -0.15) is 13.2 Å². The van der Waals surface area contributed by atoms with Crippen LogP contribution < -0.4 is 0 Å². The maximum atomic E-state index is 13.1. The van der Waals surface area contributed by atoms with Gasteiger partial charge in [-0.05, 0) is 18.6 Å². The quantitative estimate of drug-likeness (QED) is 0.262. The summed E-state index contributed by atoms with van der Waals surface area (Å²) in [5.74, 6) is -1.20. The summed E-state index contributed by atoms with van der Waals surface area (Å²) in [7, 11) is 0. The number of hydrogen-bond acceptors (Lipinski definition) is 5. The van der Waals surface area contributed by atoms with Crippen molar-refractivity contribution in [2.75, 3.05) is 0 Å². The van der Waals surface area contributed by atoms with Gasteiger partial charge in [-0.3, -0.25) is 10.1 Å². The minimum Gasteiger partial charge on any atom is -0.258 e. The van der Waals surface area contributed by atoms with E-state index in [2.05, 4.69) is 9.97 Å². The number of fused-ring (bicyclic) bond motifs is 1. The number of rotatable bonds is 4. The first-order valence-electron chi connectivity index (χ1n) is 7.50. The highest BCUT2D eigenvalue weighted by Crippen LogP contribution is 2.39. The normalized spacial score (nSPS) is 12.9. The highest BCUT2D eigenvalue weighted by molar-refractivity contribution is 7.99. The molecule has 5 nitrogen and oxygen atoms in total. The fourth-order valence-electron chi connectivity index (χ4n) is 2.39. The van der Waals surface area contributed by atoms with E-state index in [1.54, 1.807) is 37.3 Å². The van der Waals surface area contributed by atoms with Crippen molar-refractivity contribution in [3.05, 3.63) is 70.0 Å². The first-order valence-corrected chi connectivity index (χ1v) is 8.38. The van der Waals surface area contributed by atoms with E-state index in [0.29, 0.717) is 10.9 Å². The lowest BCUT2D eigenvalue weighted by atomic mass is 10.1. The number of nitro groups is 1. The second kappa shape index (κ2) is 6.91. The summed E-state index contributed by atoms with van der Waals surface area (Å²) in [4.78, 5) is 17.7. The molecule has 0 N–H and O–H groups in total. The summed E-state index contributed by atoms with van der Waals surface area (Å²) in [6.45, 7) is 1.76. The Kier molecular flexibility index (Phi) is 4.82. The lowest BCUT2D eigenvalue weighted by Gasteiger charge is -2.14. The van der Waals surface area contributed by atoms with Crippen LogP contribution in [0.2, 0.25) is 0 Å². The van der Waals surface area contributed by atoms with E-state index in [1.165, 1.54) is 18.2 Å². The number of thioether (sulfide) groups is 1. The Morgan fingerprint density at radius 2 is 1.85 bits per heavy atom. The van der Waals surface area contributed by atoms with Crippen molar-refractivity contribution < 1.29 is 18.1 Å². The first kappa shape index (κ1) is 18.1. The molecule has 3 rings (SSSR count). The summed E-state index contributed by atoms with van der Waals surface area (Å²) in [5.41, 5.74) is 0.752. The van der Waals surface area contributed by atoms with Gasteiger partial charge < -0.3 is 0 Å². The van der Waals surface area contributed by atoms with E-state index in [4.69, 9.17) is 0 Å². The van der Waals surface area contributed by atoms with Crippen molar-refractivity contribution in [1.29, 1.82) is 0 Å². The molecule has 0 amide bonds. The number of nitrogens with zero attached hydrogens (tertiary/aromatic N) is 3. The van der Waals surface area contributed by atoms with Crippen LogP contribution in [0, 0.1) is 10.1 Å². The lowest BCUT2D eigenvalue weighted by Crippen LogP contribution is -2.12. The van der Waals surface area contributed by atoms with Gasteiger partial charge in [0.25, 0.3) is 5.69 Å². The molecule has 1 aromatic heterocycles. The van der Waals surface area contributed by atoms with Crippen molar-refractivity contribution in [3.63, 3.8) is 0 Å². The van der Waals surface area contributed by atoms with Crippen molar-refractivity contribution in [2.24, 2.45) is 0 Å². The molecule has 0 fully saturated rings. The number of para-hydroxylation sites is 1.